The molecule has 0 saturated carbocycles. The Balaban J connectivity index is 1.91. The van der Waals surface area contributed by atoms with Gasteiger partial charge in [-0.25, -0.2) is 4.79 Å². The van der Waals surface area contributed by atoms with Crippen molar-refractivity contribution in [2.24, 2.45) is 0 Å². The zero-order valence-electron chi connectivity index (χ0n) is 10.4. The summed E-state index contributed by atoms with van der Waals surface area (Å²) in [5, 5.41) is 8.85. The van der Waals surface area contributed by atoms with Crippen molar-refractivity contribution in [1.29, 1.82) is 0 Å². The van der Waals surface area contributed by atoms with E-state index in [1.165, 1.54) is 23.9 Å². The van der Waals surface area contributed by atoms with Crippen LogP contribution in [0.15, 0.2) is 58.3 Å². The van der Waals surface area contributed by atoms with Gasteiger partial charge in [0.25, 0.3) is 0 Å². The van der Waals surface area contributed by atoms with Crippen LogP contribution in [-0.2, 0) is 0 Å². The van der Waals surface area contributed by atoms with Crippen LogP contribution in [-0.4, -0.2) is 16.9 Å². The van der Waals surface area contributed by atoms with Crippen molar-refractivity contribution in [2.45, 2.75) is 4.90 Å². The Kier molecular flexibility index (Phi) is 3.16. The molecule has 0 aliphatic carbocycles. The van der Waals surface area contributed by atoms with Crippen LogP contribution in [0.3, 0.4) is 0 Å². The third-order valence-corrected chi connectivity index (χ3v) is 4.13. The van der Waals surface area contributed by atoms with Gasteiger partial charge in [-0.05, 0) is 35.9 Å². The van der Waals surface area contributed by atoms with Crippen molar-refractivity contribution < 1.29 is 14.7 Å². The molecule has 1 aliphatic rings. The van der Waals surface area contributed by atoms with Gasteiger partial charge in [-0.3, -0.25) is 4.79 Å². The van der Waals surface area contributed by atoms with Crippen LogP contribution in [0, 0.1) is 0 Å². The molecule has 3 rings (SSSR count). The number of carboxylic acids is 1. The molecule has 0 spiro atoms. The lowest BCUT2D eigenvalue weighted by Crippen LogP contribution is -1.96. The summed E-state index contributed by atoms with van der Waals surface area (Å²) in [4.78, 5) is 24.6. The maximum Gasteiger partial charge on any atom is 0.335 e. The summed E-state index contributed by atoms with van der Waals surface area (Å²) in [6.45, 7) is 0. The molecule has 0 atom stereocenters. The summed E-state index contributed by atoms with van der Waals surface area (Å²) in [7, 11) is 0. The van der Waals surface area contributed by atoms with Gasteiger partial charge in [-0.2, -0.15) is 0 Å². The number of benzene rings is 2. The van der Waals surface area contributed by atoms with E-state index in [1.54, 1.807) is 18.2 Å². The van der Waals surface area contributed by atoms with E-state index in [0.717, 1.165) is 16.0 Å². The Hall–Kier alpha value is -2.33. The maximum atomic E-state index is 12.2. The van der Waals surface area contributed by atoms with Crippen LogP contribution >= 0.6 is 11.8 Å². The molecule has 2 aromatic rings. The van der Waals surface area contributed by atoms with Crippen LogP contribution in [0.25, 0.3) is 6.08 Å². The number of carbonyl (C=O) groups excluding carboxylic acids is 1. The molecule has 4 heteroatoms. The maximum absolute atomic E-state index is 12.2. The van der Waals surface area contributed by atoms with E-state index in [2.05, 4.69) is 0 Å². The van der Waals surface area contributed by atoms with Gasteiger partial charge in [0.15, 0.2) is 0 Å². The first-order valence-corrected chi connectivity index (χ1v) is 6.83. The van der Waals surface area contributed by atoms with Gasteiger partial charge in [-0.15, -0.1) is 0 Å². The second-order valence-corrected chi connectivity index (χ2v) is 5.45. The van der Waals surface area contributed by atoms with Gasteiger partial charge in [0.1, 0.15) is 0 Å². The van der Waals surface area contributed by atoms with Crippen molar-refractivity contribution in [3.63, 3.8) is 0 Å². The van der Waals surface area contributed by atoms with Crippen LogP contribution in [0.4, 0.5) is 0 Å². The summed E-state index contributed by atoms with van der Waals surface area (Å²) in [6, 6.07) is 14.0. The lowest BCUT2D eigenvalue weighted by molar-refractivity contribution is 0.0696. The Morgan fingerprint density at radius 2 is 1.75 bits per heavy atom. The number of hydrogen-bond donors (Lipinski definition) is 1. The lowest BCUT2D eigenvalue weighted by atomic mass is 10.1. The fourth-order valence-electron chi connectivity index (χ4n) is 2.01. The van der Waals surface area contributed by atoms with E-state index >= 15 is 0 Å². The average Bonchev–Trinajstić information content (AvgIpc) is 2.77. The van der Waals surface area contributed by atoms with Gasteiger partial charge in [0.05, 0.1) is 10.5 Å². The van der Waals surface area contributed by atoms with E-state index in [9.17, 15) is 9.59 Å². The number of carboxylic acid groups (broad SMARTS) is 1. The predicted octanol–water partition coefficient (Wildman–Crippen LogP) is 3.71. The van der Waals surface area contributed by atoms with Gasteiger partial charge >= 0.3 is 5.97 Å². The van der Waals surface area contributed by atoms with Crippen LogP contribution in [0.2, 0.25) is 0 Å². The summed E-state index contributed by atoms with van der Waals surface area (Å²) in [6.07, 6.45) is 1.79. The summed E-state index contributed by atoms with van der Waals surface area (Å²) in [5.74, 6) is -0.934. The number of fused-ring (bicyclic) bond motifs is 1. The van der Waals surface area contributed by atoms with E-state index in [0.29, 0.717) is 4.91 Å². The number of hydrogen-bond acceptors (Lipinski definition) is 3. The molecular weight excluding hydrogens is 272 g/mol. The SMILES string of the molecule is O=C(O)c1ccc(/C=C2/Sc3ccccc3C2=O)cc1. The molecule has 0 fully saturated rings. The number of Topliss-reactive ketones (excluding diaryl/α,β-unsaturated/α-hetero) is 1. The minimum Gasteiger partial charge on any atom is -0.478 e. The highest BCUT2D eigenvalue weighted by Gasteiger charge is 2.24. The standard InChI is InChI=1S/C16H10O3S/c17-15-12-3-1-2-4-13(12)20-14(15)9-10-5-7-11(8-6-10)16(18)19/h1-9H,(H,18,19)/b14-9+. The van der Waals surface area contributed by atoms with E-state index in [1.807, 2.05) is 24.3 Å². The summed E-state index contributed by atoms with van der Waals surface area (Å²) < 4.78 is 0. The van der Waals surface area contributed by atoms with Crippen molar-refractivity contribution in [2.75, 3.05) is 0 Å². The Bertz CT molecular complexity index is 730. The number of rotatable bonds is 2. The monoisotopic (exact) mass is 282 g/mol. The molecular formula is C16H10O3S. The molecule has 0 aromatic heterocycles. The topological polar surface area (TPSA) is 54.4 Å². The minimum absolute atomic E-state index is 0.0212. The van der Waals surface area contributed by atoms with Crippen LogP contribution in [0.1, 0.15) is 26.3 Å². The molecule has 1 heterocycles. The number of carbonyl (C=O) groups is 2. The minimum atomic E-state index is -0.956. The van der Waals surface area contributed by atoms with Gasteiger partial charge in [0.2, 0.25) is 5.78 Å². The van der Waals surface area contributed by atoms with Crippen LogP contribution in [0.5, 0.6) is 0 Å². The van der Waals surface area contributed by atoms with Gasteiger partial charge in [-0.1, -0.05) is 36.0 Å². The predicted molar refractivity (Wildman–Crippen MR) is 78.0 cm³/mol. The highest BCUT2D eigenvalue weighted by Crippen LogP contribution is 2.40. The van der Waals surface area contributed by atoms with Gasteiger partial charge < -0.3 is 5.11 Å². The first-order valence-electron chi connectivity index (χ1n) is 6.02. The number of aromatic carboxylic acids is 1. The molecule has 0 amide bonds. The Morgan fingerprint density at radius 3 is 2.40 bits per heavy atom. The first-order chi connectivity index (χ1) is 9.65. The molecule has 1 N–H and O–H groups in total. The Labute approximate surface area is 119 Å². The molecule has 20 heavy (non-hydrogen) atoms. The average molecular weight is 282 g/mol. The van der Waals surface area contributed by atoms with Crippen LogP contribution < -0.4 is 0 Å². The fourth-order valence-corrected chi connectivity index (χ4v) is 3.06. The quantitative estimate of drug-likeness (QED) is 0.853. The molecule has 98 valence electrons. The number of allylic oxidation sites excluding steroid dienone is 1. The van der Waals surface area contributed by atoms with E-state index in [4.69, 9.17) is 5.11 Å². The third kappa shape index (κ3) is 2.26. The molecule has 1 aliphatic heterocycles. The Morgan fingerprint density at radius 1 is 1.05 bits per heavy atom. The smallest absolute Gasteiger partial charge is 0.335 e. The number of thioether (sulfide) groups is 1. The molecule has 2 aromatic carbocycles. The molecule has 0 saturated heterocycles. The highest BCUT2D eigenvalue weighted by atomic mass is 32.2. The fraction of sp³-hybridized carbons (Fsp3) is 0. The second-order valence-electron chi connectivity index (χ2n) is 4.36. The third-order valence-electron chi connectivity index (χ3n) is 3.03. The molecule has 0 bridgehead atoms. The zero-order valence-corrected chi connectivity index (χ0v) is 11.2. The first kappa shape index (κ1) is 12.7. The van der Waals surface area contributed by atoms with Crippen molar-refractivity contribution in [3.05, 3.63) is 70.1 Å². The highest BCUT2D eigenvalue weighted by molar-refractivity contribution is 8.04. The summed E-state index contributed by atoms with van der Waals surface area (Å²) in [5.41, 5.74) is 1.78. The molecule has 0 unspecified atom stereocenters. The zero-order chi connectivity index (χ0) is 14.1. The number of ketones is 1. The lowest BCUT2D eigenvalue weighted by Gasteiger charge is -1.98. The molecule has 0 radical (unpaired) electrons. The van der Waals surface area contributed by atoms with Crippen molar-refractivity contribution in [1.82, 2.24) is 0 Å². The largest absolute Gasteiger partial charge is 0.478 e. The van der Waals surface area contributed by atoms with E-state index in [-0.39, 0.29) is 11.3 Å². The molecule has 3 nitrogen and oxygen atoms in total. The van der Waals surface area contributed by atoms with Crippen molar-refractivity contribution in [3.8, 4) is 0 Å². The second kappa shape index (κ2) is 4.98. The van der Waals surface area contributed by atoms with E-state index < -0.39 is 5.97 Å². The normalized spacial score (nSPS) is 15.4. The van der Waals surface area contributed by atoms with Gasteiger partial charge in [0, 0.05) is 10.5 Å². The van der Waals surface area contributed by atoms with Crippen molar-refractivity contribution >= 4 is 29.6 Å². The summed E-state index contributed by atoms with van der Waals surface area (Å²) >= 11 is 1.44.